The monoisotopic (exact) mass is 266 g/mol. The van der Waals surface area contributed by atoms with Crippen molar-refractivity contribution in [3.05, 3.63) is 11.1 Å². The summed E-state index contributed by atoms with van der Waals surface area (Å²) < 4.78 is 3.71. The second-order valence-corrected chi connectivity index (χ2v) is 5.21. The van der Waals surface area contributed by atoms with Crippen molar-refractivity contribution in [1.29, 1.82) is 0 Å². The molecular formula is C11H14N4O2S. The van der Waals surface area contributed by atoms with Crippen molar-refractivity contribution in [1.82, 2.24) is 19.4 Å². The van der Waals surface area contributed by atoms with Crippen molar-refractivity contribution in [2.45, 2.75) is 31.8 Å². The molecule has 2 fully saturated rings. The van der Waals surface area contributed by atoms with E-state index in [-0.39, 0.29) is 23.9 Å². The molecule has 96 valence electrons. The summed E-state index contributed by atoms with van der Waals surface area (Å²) in [6, 6.07) is 0.213. The average molecular weight is 266 g/mol. The van der Waals surface area contributed by atoms with Crippen LogP contribution in [0.3, 0.4) is 0 Å². The van der Waals surface area contributed by atoms with Crippen LogP contribution >= 0.6 is 11.5 Å². The Balaban J connectivity index is 1.81. The van der Waals surface area contributed by atoms with Gasteiger partial charge in [0.05, 0.1) is 12.1 Å². The van der Waals surface area contributed by atoms with Crippen molar-refractivity contribution in [2.75, 3.05) is 13.1 Å². The van der Waals surface area contributed by atoms with Gasteiger partial charge in [0, 0.05) is 24.9 Å². The summed E-state index contributed by atoms with van der Waals surface area (Å²) in [5, 5.41) is 5.47. The number of fused-ring (bicyclic) bond motifs is 1. The highest BCUT2D eigenvalue weighted by molar-refractivity contribution is 7.03. The van der Waals surface area contributed by atoms with Crippen LogP contribution in [0.25, 0.3) is 0 Å². The summed E-state index contributed by atoms with van der Waals surface area (Å²) in [7, 11) is 0. The Hall–Kier alpha value is -1.50. The zero-order valence-electron chi connectivity index (χ0n) is 10.1. The number of hydrogen-bond acceptors (Lipinski definition) is 5. The van der Waals surface area contributed by atoms with Gasteiger partial charge in [-0.05, 0) is 24.9 Å². The average Bonchev–Trinajstić information content (AvgIpc) is 3.02. The highest BCUT2D eigenvalue weighted by atomic mass is 32.1. The molecule has 0 N–H and O–H groups in total. The minimum atomic E-state index is -0.0954. The van der Waals surface area contributed by atoms with Crippen molar-refractivity contribution in [2.24, 2.45) is 0 Å². The number of hydrogen-bond donors (Lipinski definition) is 0. The molecule has 7 heteroatoms. The van der Waals surface area contributed by atoms with Crippen LogP contribution in [-0.4, -0.2) is 56.4 Å². The SMILES string of the molecule is CCN1C(=O)C[C@@H]2[C@H]1CCN2C(=O)c1csnn1. The number of nitrogens with zero attached hydrogens (tertiary/aromatic N) is 4. The third-order valence-electron chi connectivity index (χ3n) is 3.80. The van der Waals surface area contributed by atoms with E-state index in [2.05, 4.69) is 9.59 Å². The largest absolute Gasteiger partial charge is 0.338 e. The second-order valence-electron chi connectivity index (χ2n) is 4.60. The van der Waals surface area contributed by atoms with Crippen molar-refractivity contribution >= 4 is 23.3 Å². The second kappa shape index (κ2) is 4.31. The Bertz CT molecular complexity index is 475. The molecule has 2 amide bonds. The molecule has 0 aliphatic carbocycles. The van der Waals surface area contributed by atoms with Crippen LogP contribution in [0.5, 0.6) is 0 Å². The first-order valence-corrected chi connectivity index (χ1v) is 6.93. The maximum Gasteiger partial charge on any atom is 0.275 e. The van der Waals surface area contributed by atoms with E-state index in [0.29, 0.717) is 18.7 Å². The van der Waals surface area contributed by atoms with Crippen LogP contribution in [0, 0.1) is 0 Å². The molecule has 0 radical (unpaired) electrons. The van der Waals surface area contributed by atoms with Crippen molar-refractivity contribution < 1.29 is 9.59 Å². The zero-order chi connectivity index (χ0) is 12.7. The zero-order valence-corrected chi connectivity index (χ0v) is 10.9. The van der Waals surface area contributed by atoms with Gasteiger partial charge in [0.1, 0.15) is 0 Å². The lowest BCUT2D eigenvalue weighted by Gasteiger charge is -2.23. The van der Waals surface area contributed by atoms with Gasteiger partial charge >= 0.3 is 0 Å². The summed E-state index contributed by atoms with van der Waals surface area (Å²) >= 11 is 1.17. The molecule has 18 heavy (non-hydrogen) atoms. The van der Waals surface area contributed by atoms with E-state index in [0.717, 1.165) is 13.0 Å². The lowest BCUT2D eigenvalue weighted by atomic mass is 10.1. The fourth-order valence-electron chi connectivity index (χ4n) is 3.00. The van der Waals surface area contributed by atoms with Crippen LogP contribution in [0.4, 0.5) is 0 Å². The molecule has 2 aliphatic rings. The number of likely N-dealkylation sites (N-methyl/N-ethyl adjacent to an activating group) is 1. The predicted octanol–water partition coefficient (Wildman–Crippen LogP) is 0.373. The third-order valence-corrected chi connectivity index (χ3v) is 4.30. The minimum Gasteiger partial charge on any atom is -0.338 e. The Morgan fingerprint density at radius 1 is 1.56 bits per heavy atom. The molecular weight excluding hydrogens is 252 g/mol. The van der Waals surface area contributed by atoms with Gasteiger partial charge in [0.15, 0.2) is 5.69 Å². The normalized spacial score (nSPS) is 26.8. The molecule has 1 aromatic rings. The molecule has 0 saturated carbocycles. The molecule has 3 heterocycles. The van der Waals surface area contributed by atoms with Crippen LogP contribution < -0.4 is 0 Å². The Kier molecular flexibility index (Phi) is 2.77. The molecule has 2 saturated heterocycles. The minimum absolute atomic E-state index is 0.0200. The van der Waals surface area contributed by atoms with E-state index in [4.69, 9.17) is 0 Å². The first kappa shape index (κ1) is 11.6. The summed E-state index contributed by atoms with van der Waals surface area (Å²) in [4.78, 5) is 27.8. The van der Waals surface area contributed by atoms with Gasteiger partial charge < -0.3 is 9.80 Å². The van der Waals surface area contributed by atoms with Crippen LogP contribution in [0.1, 0.15) is 30.3 Å². The molecule has 6 nitrogen and oxygen atoms in total. The fraction of sp³-hybridized carbons (Fsp3) is 0.636. The molecule has 0 bridgehead atoms. The fourth-order valence-corrected chi connectivity index (χ4v) is 3.43. The van der Waals surface area contributed by atoms with Crippen molar-refractivity contribution in [3.63, 3.8) is 0 Å². The smallest absolute Gasteiger partial charge is 0.275 e. The number of likely N-dealkylation sites (tertiary alicyclic amines) is 2. The Morgan fingerprint density at radius 3 is 3.06 bits per heavy atom. The van der Waals surface area contributed by atoms with Crippen LogP contribution in [0.15, 0.2) is 5.38 Å². The van der Waals surface area contributed by atoms with E-state index in [9.17, 15) is 9.59 Å². The predicted molar refractivity (Wildman–Crippen MR) is 65.1 cm³/mol. The van der Waals surface area contributed by atoms with Gasteiger partial charge in [-0.1, -0.05) is 4.49 Å². The van der Waals surface area contributed by atoms with E-state index in [1.165, 1.54) is 11.5 Å². The standard InChI is InChI=1S/C11H14N4O2S/c1-2-14-8-3-4-15(9(8)5-10(14)16)11(17)7-6-18-13-12-7/h6,8-9H,2-5H2,1H3/t8-,9-/m1/s1. The topological polar surface area (TPSA) is 66.4 Å². The highest BCUT2D eigenvalue weighted by Crippen LogP contribution is 2.32. The molecule has 0 spiro atoms. The molecule has 2 aliphatic heterocycles. The summed E-state index contributed by atoms with van der Waals surface area (Å²) in [6.45, 7) is 3.41. The number of amides is 2. The molecule has 1 aromatic heterocycles. The first-order valence-electron chi connectivity index (χ1n) is 6.10. The van der Waals surface area contributed by atoms with Gasteiger partial charge in [-0.3, -0.25) is 9.59 Å². The molecule has 0 aromatic carbocycles. The lowest BCUT2D eigenvalue weighted by molar-refractivity contribution is -0.128. The third kappa shape index (κ3) is 1.61. The van der Waals surface area contributed by atoms with Gasteiger partial charge in [-0.25, -0.2) is 0 Å². The van der Waals surface area contributed by atoms with E-state index < -0.39 is 0 Å². The Labute approximate surface area is 109 Å². The van der Waals surface area contributed by atoms with Crippen LogP contribution in [-0.2, 0) is 4.79 Å². The summed E-state index contributed by atoms with van der Waals surface area (Å²) in [5.74, 6) is 0.0587. The number of carbonyl (C=O) groups is 2. The Morgan fingerprint density at radius 2 is 2.39 bits per heavy atom. The molecule has 2 atom stereocenters. The summed E-state index contributed by atoms with van der Waals surface area (Å²) in [5.41, 5.74) is 0.392. The summed E-state index contributed by atoms with van der Waals surface area (Å²) in [6.07, 6.45) is 1.31. The number of rotatable bonds is 2. The maximum absolute atomic E-state index is 12.3. The van der Waals surface area contributed by atoms with Crippen molar-refractivity contribution in [3.8, 4) is 0 Å². The first-order chi connectivity index (χ1) is 8.72. The van der Waals surface area contributed by atoms with Gasteiger partial charge in [-0.2, -0.15) is 0 Å². The number of aromatic nitrogens is 2. The van der Waals surface area contributed by atoms with Gasteiger partial charge in [-0.15, -0.1) is 5.10 Å². The highest BCUT2D eigenvalue weighted by Gasteiger charge is 2.47. The van der Waals surface area contributed by atoms with Gasteiger partial charge in [0.25, 0.3) is 5.91 Å². The number of carbonyl (C=O) groups excluding carboxylic acids is 2. The van der Waals surface area contributed by atoms with Gasteiger partial charge in [0.2, 0.25) is 5.91 Å². The van der Waals surface area contributed by atoms with E-state index in [1.807, 2.05) is 11.8 Å². The van der Waals surface area contributed by atoms with Crippen LogP contribution in [0.2, 0.25) is 0 Å². The van der Waals surface area contributed by atoms with E-state index in [1.54, 1.807) is 10.3 Å². The maximum atomic E-state index is 12.3. The van der Waals surface area contributed by atoms with E-state index >= 15 is 0 Å². The quantitative estimate of drug-likeness (QED) is 0.776. The molecule has 3 rings (SSSR count). The lowest BCUT2D eigenvalue weighted by Crippen LogP contribution is -2.40. The molecule has 0 unspecified atom stereocenters.